The summed E-state index contributed by atoms with van der Waals surface area (Å²) in [5, 5.41) is 13.7. The van der Waals surface area contributed by atoms with Crippen molar-refractivity contribution in [2.75, 3.05) is 6.54 Å². The zero-order valence-corrected chi connectivity index (χ0v) is 9.59. The Kier molecular flexibility index (Phi) is 4.99. The number of aromatic nitrogens is 2. The molecule has 0 saturated heterocycles. The van der Waals surface area contributed by atoms with Crippen LogP contribution < -0.4 is 10.6 Å². The highest BCUT2D eigenvalue weighted by Gasteiger charge is 2.16. The third kappa shape index (κ3) is 4.54. The molecular formula is C10H16N4O3. The summed E-state index contributed by atoms with van der Waals surface area (Å²) < 4.78 is 1.81. The van der Waals surface area contributed by atoms with Gasteiger partial charge in [-0.15, -0.1) is 0 Å². The van der Waals surface area contributed by atoms with Crippen LogP contribution in [-0.2, 0) is 11.3 Å². The van der Waals surface area contributed by atoms with Crippen molar-refractivity contribution in [3.8, 4) is 0 Å². The number of rotatable bonds is 6. The van der Waals surface area contributed by atoms with Gasteiger partial charge in [0.15, 0.2) is 0 Å². The van der Waals surface area contributed by atoms with E-state index < -0.39 is 18.0 Å². The highest BCUT2D eigenvalue weighted by atomic mass is 16.4. The van der Waals surface area contributed by atoms with E-state index in [1.165, 1.54) is 0 Å². The molecule has 0 aliphatic rings. The molecule has 17 heavy (non-hydrogen) atoms. The molecule has 0 spiro atoms. The van der Waals surface area contributed by atoms with Crippen molar-refractivity contribution in [2.24, 2.45) is 0 Å². The summed E-state index contributed by atoms with van der Waals surface area (Å²) in [4.78, 5) is 25.9. The van der Waals surface area contributed by atoms with Gasteiger partial charge >= 0.3 is 12.0 Å². The topological polar surface area (TPSA) is 96.3 Å². The number of amides is 2. The monoisotopic (exact) mass is 240 g/mol. The van der Waals surface area contributed by atoms with Crippen LogP contribution in [0, 0.1) is 0 Å². The average Bonchev–Trinajstić information content (AvgIpc) is 2.78. The number of carboxylic acid groups (broad SMARTS) is 1. The van der Waals surface area contributed by atoms with Gasteiger partial charge in [0.2, 0.25) is 0 Å². The van der Waals surface area contributed by atoms with Gasteiger partial charge < -0.3 is 20.3 Å². The summed E-state index contributed by atoms with van der Waals surface area (Å²) >= 11 is 0. The second-order valence-corrected chi connectivity index (χ2v) is 3.50. The maximum absolute atomic E-state index is 11.3. The Morgan fingerprint density at radius 2 is 2.29 bits per heavy atom. The number of nitrogens with one attached hydrogen (secondary N) is 2. The van der Waals surface area contributed by atoms with Gasteiger partial charge in [-0.2, -0.15) is 0 Å². The summed E-state index contributed by atoms with van der Waals surface area (Å²) in [5.74, 6) is -1.03. The van der Waals surface area contributed by atoms with Crippen LogP contribution in [0.1, 0.15) is 13.3 Å². The standard InChI is InChI=1S/C10H16N4O3/c1-2-8(9(15)16)13-10(17)12-4-6-14-5-3-11-7-14/h3,5,7-8H,2,4,6H2,1H3,(H,15,16)(H2,12,13,17). The lowest BCUT2D eigenvalue weighted by atomic mass is 10.2. The van der Waals surface area contributed by atoms with Crippen molar-refractivity contribution >= 4 is 12.0 Å². The van der Waals surface area contributed by atoms with Crippen molar-refractivity contribution < 1.29 is 14.7 Å². The van der Waals surface area contributed by atoms with Crippen LogP contribution in [0.4, 0.5) is 4.79 Å². The van der Waals surface area contributed by atoms with Crippen LogP contribution in [0.5, 0.6) is 0 Å². The van der Waals surface area contributed by atoms with E-state index in [4.69, 9.17) is 5.11 Å². The van der Waals surface area contributed by atoms with Gasteiger partial charge in [0, 0.05) is 25.5 Å². The maximum Gasteiger partial charge on any atom is 0.326 e. The van der Waals surface area contributed by atoms with Crippen LogP contribution in [0.25, 0.3) is 0 Å². The summed E-state index contributed by atoms with van der Waals surface area (Å²) in [6, 6.07) is -1.32. The molecule has 0 saturated carbocycles. The predicted octanol–water partition coefficient (Wildman–Crippen LogP) is 0.0455. The first-order valence-corrected chi connectivity index (χ1v) is 5.36. The molecule has 0 radical (unpaired) electrons. The number of hydrogen-bond donors (Lipinski definition) is 3. The lowest BCUT2D eigenvalue weighted by molar-refractivity contribution is -0.139. The second kappa shape index (κ2) is 6.51. The van der Waals surface area contributed by atoms with Gasteiger partial charge in [0.05, 0.1) is 6.33 Å². The van der Waals surface area contributed by atoms with E-state index in [0.29, 0.717) is 19.5 Å². The van der Waals surface area contributed by atoms with Crippen LogP contribution in [0.15, 0.2) is 18.7 Å². The number of carbonyl (C=O) groups excluding carboxylic acids is 1. The fourth-order valence-electron chi connectivity index (χ4n) is 1.27. The van der Waals surface area contributed by atoms with E-state index in [2.05, 4.69) is 15.6 Å². The Labute approximate surface area is 98.8 Å². The van der Waals surface area contributed by atoms with Gasteiger partial charge in [-0.1, -0.05) is 6.92 Å². The largest absolute Gasteiger partial charge is 0.480 e. The van der Waals surface area contributed by atoms with Crippen molar-refractivity contribution in [2.45, 2.75) is 25.9 Å². The van der Waals surface area contributed by atoms with Crippen LogP contribution in [0.3, 0.4) is 0 Å². The zero-order valence-electron chi connectivity index (χ0n) is 9.59. The van der Waals surface area contributed by atoms with Crippen molar-refractivity contribution in [3.05, 3.63) is 18.7 Å². The molecule has 1 unspecified atom stereocenters. The number of carbonyl (C=O) groups is 2. The van der Waals surface area contributed by atoms with Crippen LogP contribution in [-0.4, -0.2) is 39.2 Å². The fourth-order valence-corrected chi connectivity index (χ4v) is 1.27. The highest BCUT2D eigenvalue weighted by molar-refractivity contribution is 5.82. The van der Waals surface area contributed by atoms with E-state index in [1.54, 1.807) is 25.6 Å². The van der Waals surface area contributed by atoms with Gasteiger partial charge in [-0.05, 0) is 6.42 Å². The highest BCUT2D eigenvalue weighted by Crippen LogP contribution is 1.90. The summed E-state index contributed by atoms with van der Waals surface area (Å²) in [6.07, 6.45) is 5.43. The Bertz CT molecular complexity index is 364. The molecule has 0 aliphatic heterocycles. The van der Waals surface area contributed by atoms with Gasteiger partial charge in [-0.25, -0.2) is 14.6 Å². The molecule has 1 rings (SSSR count). The third-order valence-corrected chi connectivity index (χ3v) is 2.23. The number of aliphatic carboxylic acids is 1. The SMILES string of the molecule is CCC(NC(=O)NCCn1ccnc1)C(=O)O. The summed E-state index contributed by atoms with van der Waals surface area (Å²) in [5.41, 5.74) is 0. The molecule has 1 heterocycles. The molecule has 1 aromatic heterocycles. The first-order valence-electron chi connectivity index (χ1n) is 5.36. The van der Waals surface area contributed by atoms with E-state index in [0.717, 1.165) is 0 Å². The van der Waals surface area contributed by atoms with Crippen molar-refractivity contribution in [1.29, 1.82) is 0 Å². The predicted molar refractivity (Wildman–Crippen MR) is 60.5 cm³/mol. The fraction of sp³-hybridized carbons (Fsp3) is 0.500. The van der Waals surface area contributed by atoms with Crippen LogP contribution >= 0.6 is 0 Å². The number of carboxylic acids is 1. The quantitative estimate of drug-likeness (QED) is 0.654. The molecular weight excluding hydrogens is 224 g/mol. The average molecular weight is 240 g/mol. The molecule has 1 aromatic rings. The Balaban J connectivity index is 2.23. The van der Waals surface area contributed by atoms with Crippen LogP contribution in [0.2, 0.25) is 0 Å². The minimum atomic E-state index is -1.03. The molecule has 0 aliphatic carbocycles. The normalized spacial score (nSPS) is 11.8. The number of imidazole rings is 1. The summed E-state index contributed by atoms with van der Waals surface area (Å²) in [6.45, 7) is 2.71. The lowest BCUT2D eigenvalue weighted by Gasteiger charge is -2.13. The van der Waals surface area contributed by atoms with Gasteiger partial charge in [0.25, 0.3) is 0 Å². The lowest BCUT2D eigenvalue weighted by Crippen LogP contribution is -2.46. The van der Waals surface area contributed by atoms with E-state index in [-0.39, 0.29) is 0 Å². The number of urea groups is 1. The number of hydrogen-bond acceptors (Lipinski definition) is 3. The second-order valence-electron chi connectivity index (χ2n) is 3.50. The first-order chi connectivity index (χ1) is 8.13. The molecule has 0 bridgehead atoms. The minimum absolute atomic E-state index is 0.351. The smallest absolute Gasteiger partial charge is 0.326 e. The molecule has 1 atom stereocenters. The molecule has 94 valence electrons. The third-order valence-electron chi connectivity index (χ3n) is 2.23. The molecule has 7 nitrogen and oxygen atoms in total. The van der Waals surface area contributed by atoms with E-state index in [9.17, 15) is 9.59 Å². The Morgan fingerprint density at radius 1 is 1.53 bits per heavy atom. The summed E-state index contributed by atoms with van der Waals surface area (Å²) in [7, 11) is 0. The zero-order chi connectivity index (χ0) is 12.7. The Morgan fingerprint density at radius 3 is 2.82 bits per heavy atom. The molecule has 0 fully saturated rings. The number of nitrogens with zero attached hydrogens (tertiary/aromatic N) is 2. The van der Waals surface area contributed by atoms with Crippen molar-refractivity contribution in [1.82, 2.24) is 20.2 Å². The van der Waals surface area contributed by atoms with E-state index in [1.807, 2.05) is 4.57 Å². The minimum Gasteiger partial charge on any atom is -0.480 e. The van der Waals surface area contributed by atoms with E-state index >= 15 is 0 Å². The van der Waals surface area contributed by atoms with Gasteiger partial charge in [-0.3, -0.25) is 0 Å². The molecule has 3 N–H and O–H groups in total. The first kappa shape index (κ1) is 13.0. The molecule has 7 heteroatoms. The van der Waals surface area contributed by atoms with Crippen molar-refractivity contribution in [3.63, 3.8) is 0 Å². The molecule has 0 aromatic carbocycles. The molecule has 2 amide bonds. The maximum atomic E-state index is 11.3. The Hall–Kier alpha value is -2.05. The van der Waals surface area contributed by atoms with Gasteiger partial charge in [0.1, 0.15) is 6.04 Å².